The van der Waals surface area contributed by atoms with Gasteiger partial charge in [-0.2, -0.15) is 13.2 Å². The van der Waals surface area contributed by atoms with Crippen molar-refractivity contribution in [3.63, 3.8) is 0 Å². The molecule has 1 saturated heterocycles. The number of nitrogens with one attached hydrogen (secondary N) is 1. The van der Waals surface area contributed by atoms with Crippen LogP contribution in [0.25, 0.3) is 0 Å². The van der Waals surface area contributed by atoms with Gasteiger partial charge in [-0.25, -0.2) is 19.7 Å². The third kappa shape index (κ3) is 4.66. The number of nitrogens with zero attached hydrogens (tertiary/aromatic N) is 5. The van der Waals surface area contributed by atoms with Gasteiger partial charge in [0.05, 0.1) is 18.2 Å². The van der Waals surface area contributed by atoms with Crippen LogP contribution in [0, 0.1) is 5.92 Å². The van der Waals surface area contributed by atoms with Crippen LogP contribution in [0.3, 0.4) is 0 Å². The summed E-state index contributed by atoms with van der Waals surface area (Å²) >= 11 is 0. The van der Waals surface area contributed by atoms with Gasteiger partial charge in [-0.05, 0) is 42.4 Å². The molecule has 0 unspecified atom stereocenters. The minimum atomic E-state index is -4.57. The lowest BCUT2D eigenvalue weighted by atomic mass is 10.0. The van der Waals surface area contributed by atoms with Crippen LogP contribution in [0.4, 0.5) is 29.7 Å². The van der Waals surface area contributed by atoms with Gasteiger partial charge in [-0.15, -0.1) is 0 Å². The molecule has 8 nitrogen and oxygen atoms in total. The summed E-state index contributed by atoms with van der Waals surface area (Å²) in [4.78, 5) is 39.9. The molecule has 0 aromatic carbocycles. The summed E-state index contributed by atoms with van der Waals surface area (Å²) in [7, 11) is 0. The molecular formula is C21H23F3N6O2. The molecule has 2 fully saturated rings. The second kappa shape index (κ2) is 8.36. The highest BCUT2D eigenvalue weighted by atomic mass is 19.4. The Bertz CT molecular complexity index is 1010. The van der Waals surface area contributed by atoms with Gasteiger partial charge in [-0.3, -0.25) is 9.69 Å². The first-order valence-corrected chi connectivity index (χ1v) is 10.4. The number of anilines is 2. The topological polar surface area (TPSA) is 91.3 Å². The summed E-state index contributed by atoms with van der Waals surface area (Å²) in [6.07, 6.45) is 0.616. The summed E-state index contributed by atoms with van der Waals surface area (Å²) in [5, 5.41) is 2.73. The van der Waals surface area contributed by atoms with Crippen molar-refractivity contribution in [3.05, 3.63) is 41.9 Å². The van der Waals surface area contributed by atoms with E-state index >= 15 is 0 Å². The summed E-state index contributed by atoms with van der Waals surface area (Å²) in [5.74, 6) is 0.406. The lowest BCUT2D eigenvalue weighted by molar-refractivity contribution is -0.138. The number of hydrogen-bond acceptors (Lipinski definition) is 5. The lowest BCUT2D eigenvalue weighted by Gasteiger charge is -2.25. The molecule has 2 aromatic heterocycles. The number of hydrogen-bond donors (Lipinski definition) is 1. The Morgan fingerprint density at radius 1 is 1.22 bits per heavy atom. The Balaban J connectivity index is 1.47. The Hall–Kier alpha value is -3.24. The Morgan fingerprint density at radius 2 is 1.91 bits per heavy atom. The fourth-order valence-electron chi connectivity index (χ4n) is 3.71. The third-order valence-electron chi connectivity index (χ3n) is 5.64. The van der Waals surface area contributed by atoms with Crippen molar-refractivity contribution in [3.8, 4) is 0 Å². The molecule has 0 radical (unpaired) electrons. The van der Waals surface area contributed by atoms with Crippen molar-refractivity contribution in [2.24, 2.45) is 5.92 Å². The van der Waals surface area contributed by atoms with Gasteiger partial charge in [0.15, 0.2) is 0 Å². The molecule has 1 N–H and O–H groups in total. The predicted molar refractivity (Wildman–Crippen MR) is 110 cm³/mol. The zero-order valence-electron chi connectivity index (χ0n) is 17.6. The van der Waals surface area contributed by atoms with Crippen molar-refractivity contribution < 1.29 is 22.8 Å². The molecule has 1 aliphatic heterocycles. The number of aromatic nitrogens is 3. The zero-order chi connectivity index (χ0) is 23.0. The highest BCUT2D eigenvalue weighted by Crippen LogP contribution is 2.40. The van der Waals surface area contributed by atoms with E-state index in [0.29, 0.717) is 24.1 Å². The molecule has 3 heterocycles. The van der Waals surface area contributed by atoms with E-state index in [2.05, 4.69) is 20.3 Å². The van der Waals surface area contributed by atoms with Crippen LogP contribution in [0.1, 0.15) is 43.7 Å². The summed E-state index contributed by atoms with van der Waals surface area (Å²) in [6, 6.07) is 2.90. The average molecular weight is 448 g/mol. The second-order valence-electron chi connectivity index (χ2n) is 8.40. The quantitative estimate of drug-likeness (QED) is 0.728. The number of alkyl halides is 3. The van der Waals surface area contributed by atoms with E-state index in [9.17, 15) is 22.8 Å². The second-order valence-corrected chi connectivity index (χ2v) is 8.40. The van der Waals surface area contributed by atoms with Gasteiger partial charge in [0, 0.05) is 18.6 Å². The highest BCUT2D eigenvalue weighted by Gasteiger charge is 2.42. The number of halogens is 3. The van der Waals surface area contributed by atoms with E-state index in [0.717, 1.165) is 18.4 Å². The van der Waals surface area contributed by atoms with E-state index in [1.54, 1.807) is 6.20 Å². The maximum Gasteiger partial charge on any atom is 0.419 e. The van der Waals surface area contributed by atoms with Crippen LogP contribution in [0.15, 0.2) is 30.7 Å². The molecule has 2 aliphatic rings. The number of urea groups is 1. The molecule has 0 bridgehead atoms. The van der Waals surface area contributed by atoms with Crippen molar-refractivity contribution in [2.45, 2.75) is 44.8 Å². The molecule has 0 spiro atoms. The number of pyridine rings is 1. The smallest absolute Gasteiger partial charge is 0.310 e. The largest absolute Gasteiger partial charge is 0.419 e. The van der Waals surface area contributed by atoms with Crippen molar-refractivity contribution >= 4 is 23.7 Å². The maximum atomic E-state index is 13.0. The normalized spacial score (nSPS) is 19.1. The van der Waals surface area contributed by atoms with E-state index in [4.69, 9.17) is 0 Å². The van der Waals surface area contributed by atoms with Crippen molar-refractivity contribution in [1.29, 1.82) is 0 Å². The van der Waals surface area contributed by atoms with E-state index in [1.807, 2.05) is 26.0 Å². The van der Waals surface area contributed by atoms with Crippen molar-refractivity contribution in [2.75, 3.05) is 23.3 Å². The van der Waals surface area contributed by atoms with Crippen LogP contribution >= 0.6 is 0 Å². The summed E-state index contributed by atoms with van der Waals surface area (Å²) < 4.78 is 38.3. The molecular weight excluding hydrogens is 425 g/mol. The molecule has 32 heavy (non-hydrogen) atoms. The van der Waals surface area contributed by atoms with Gasteiger partial charge in [0.25, 0.3) is 0 Å². The van der Waals surface area contributed by atoms with E-state index in [-0.39, 0.29) is 31.0 Å². The summed E-state index contributed by atoms with van der Waals surface area (Å²) in [5.41, 5.74) is 0.128. The molecule has 4 rings (SSSR count). The molecule has 2 aromatic rings. The first kappa shape index (κ1) is 22.0. The standard InChI is InChI=1S/C21H23F3N6O2/c1-12(2)16-10-30(19-26-8-15(9-27-19)21(22,23)24)20(32)29(16)11-18(31)28-17-7-14(5-6-25-17)13-3-4-13/h5-9,12-13,16H,3-4,10-11H2,1-2H3,(H,25,28,31)/t16-/m1/s1. The van der Waals surface area contributed by atoms with Crippen LogP contribution in [0.2, 0.25) is 0 Å². The van der Waals surface area contributed by atoms with E-state index in [1.165, 1.54) is 9.80 Å². The highest BCUT2D eigenvalue weighted by molar-refractivity contribution is 5.98. The minimum absolute atomic E-state index is 0.00233. The van der Waals surface area contributed by atoms with Crippen molar-refractivity contribution in [1.82, 2.24) is 19.9 Å². The molecule has 1 atom stereocenters. The Labute approximate surface area is 182 Å². The number of rotatable bonds is 6. The predicted octanol–water partition coefficient (Wildman–Crippen LogP) is 3.67. The number of carbonyl (C=O) groups is 2. The van der Waals surface area contributed by atoms with Crippen LogP contribution in [-0.2, 0) is 11.0 Å². The number of amides is 3. The molecule has 11 heteroatoms. The SMILES string of the molecule is CC(C)[C@H]1CN(c2ncc(C(F)(F)F)cn2)C(=O)N1CC(=O)Nc1cc(C2CC2)ccn1. The van der Waals surface area contributed by atoms with Gasteiger partial charge in [-0.1, -0.05) is 13.8 Å². The Kier molecular flexibility index (Phi) is 5.74. The molecule has 3 amide bonds. The number of carbonyl (C=O) groups excluding carboxylic acids is 2. The first-order chi connectivity index (χ1) is 15.1. The van der Waals surface area contributed by atoms with Gasteiger partial charge in [0.1, 0.15) is 12.4 Å². The average Bonchev–Trinajstić information content (AvgIpc) is 3.53. The van der Waals surface area contributed by atoms with E-state index < -0.39 is 23.7 Å². The lowest BCUT2D eigenvalue weighted by Crippen LogP contribution is -2.43. The van der Waals surface area contributed by atoms with Gasteiger partial charge in [0.2, 0.25) is 11.9 Å². The zero-order valence-corrected chi connectivity index (χ0v) is 17.6. The molecule has 1 saturated carbocycles. The monoisotopic (exact) mass is 448 g/mol. The maximum absolute atomic E-state index is 13.0. The molecule has 170 valence electrons. The fraction of sp³-hybridized carbons (Fsp3) is 0.476. The first-order valence-electron chi connectivity index (χ1n) is 10.4. The Morgan fingerprint density at radius 3 is 2.50 bits per heavy atom. The molecule has 1 aliphatic carbocycles. The van der Waals surface area contributed by atoms with Crippen LogP contribution in [-0.4, -0.2) is 50.9 Å². The van der Waals surface area contributed by atoms with Gasteiger partial charge >= 0.3 is 12.2 Å². The minimum Gasteiger partial charge on any atom is -0.310 e. The third-order valence-corrected chi connectivity index (χ3v) is 5.64. The summed E-state index contributed by atoms with van der Waals surface area (Å²) in [6.45, 7) is 3.76. The van der Waals surface area contributed by atoms with Gasteiger partial charge < -0.3 is 10.2 Å². The fourth-order valence-corrected chi connectivity index (χ4v) is 3.71. The van der Waals surface area contributed by atoms with Crippen LogP contribution < -0.4 is 10.2 Å². The van der Waals surface area contributed by atoms with Crippen LogP contribution in [0.5, 0.6) is 0 Å².